The molecule has 0 radical (unpaired) electrons. The second-order valence-corrected chi connectivity index (χ2v) is 13.8. The molecule has 3 aromatic rings. The molecule has 1 aromatic heterocycles. The molecule has 2 saturated heterocycles. The molecule has 0 bridgehead atoms. The first kappa shape index (κ1) is 28.4. The van der Waals surface area contributed by atoms with Crippen molar-refractivity contribution in [3.05, 3.63) is 52.5 Å². The molecule has 2 aliphatic heterocycles. The largest absolute Gasteiger partial charge is 0.379 e. The molecular formula is C28H35ClN4O4S2. The number of fused-ring (bicyclic) bond motifs is 1. The third kappa shape index (κ3) is 6.47. The maximum absolute atomic E-state index is 13.8. The predicted octanol–water partition coefficient (Wildman–Crippen LogP) is 5.05. The quantitative estimate of drug-likeness (QED) is 0.365. The van der Waals surface area contributed by atoms with E-state index in [1.54, 1.807) is 33.5 Å². The molecule has 39 heavy (non-hydrogen) atoms. The number of aryl methyl sites for hydroxylation is 1. The summed E-state index contributed by atoms with van der Waals surface area (Å²) in [6, 6.07) is 10.1. The van der Waals surface area contributed by atoms with Crippen LogP contribution in [0.25, 0.3) is 10.2 Å². The zero-order valence-corrected chi connectivity index (χ0v) is 24.8. The number of nitrogens with zero attached hydrogens (tertiary/aromatic N) is 4. The molecule has 0 N–H and O–H groups in total. The molecule has 1 amide bonds. The molecule has 11 heteroatoms. The number of carbonyl (C=O) groups excluding carboxylic acids is 1. The van der Waals surface area contributed by atoms with Crippen LogP contribution in [0.1, 0.15) is 42.1 Å². The minimum atomic E-state index is -3.58. The smallest absolute Gasteiger partial charge is 0.260 e. The minimum Gasteiger partial charge on any atom is -0.379 e. The normalized spacial score (nSPS) is 18.0. The number of aromatic nitrogens is 1. The highest BCUT2D eigenvalue weighted by Crippen LogP contribution is 2.34. The van der Waals surface area contributed by atoms with Gasteiger partial charge in [-0.05, 0) is 74.1 Å². The first-order valence-electron chi connectivity index (χ1n) is 13.5. The van der Waals surface area contributed by atoms with Crippen molar-refractivity contribution in [2.24, 2.45) is 5.92 Å². The maximum Gasteiger partial charge on any atom is 0.260 e. The van der Waals surface area contributed by atoms with Gasteiger partial charge < -0.3 is 4.74 Å². The van der Waals surface area contributed by atoms with E-state index in [0.29, 0.717) is 41.3 Å². The van der Waals surface area contributed by atoms with Crippen molar-refractivity contribution in [1.82, 2.24) is 14.2 Å². The Kier molecular flexibility index (Phi) is 8.90. The van der Waals surface area contributed by atoms with Crippen molar-refractivity contribution < 1.29 is 17.9 Å². The number of piperidine rings is 1. The topological polar surface area (TPSA) is 83.0 Å². The summed E-state index contributed by atoms with van der Waals surface area (Å²) >= 11 is 7.73. The van der Waals surface area contributed by atoms with Gasteiger partial charge in [0, 0.05) is 49.9 Å². The SMILES string of the molecule is Cc1cc(Cl)cc2sc(N(CCCN3CCOCC3)C(=O)c3ccc(S(=O)(=O)N4CCC(C)CC4)cc3)nc12. The highest BCUT2D eigenvalue weighted by atomic mass is 35.5. The number of anilines is 1. The zero-order valence-electron chi connectivity index (χ0n) is 22.4. The lowest BCUT2D eigenvalue weighted by Gasteiger charge is -2.29. The summed E-state index contributed by atoms with van der Waals surface area (Å²) in [5.41, 5.74) is 2.23. The number of halogens is 1. The fourth-order valence-corrected chi connectivity index (χ4v) is 8.03. The Morgan fingerprint density at radius 1 is 1.13 bits per heavy atom. The first-order chi connectivity index (χ1) is 18.7. The van der Waals surface area contributed by atoms with Crippen LogP contribution in [0, 0.1) is 12.8 Å². The van der Waals surface area contributed by atoms with Crippen LogP contribution in [0.2, 0.25) is 5.02 Å². The fraction of sp³-hybridized carbons (Fsp3) is 0.500. The number of hydrogen-bond donors (Lipinski definition) is 0. The van der Waals surface area contributed by atoms with E-state index in [4.69, 9.17) is 21.3 Å². The average Bonchev–Trinajstić information content (AvgIpc) is 3.36. The Morgan fingerprint density at radius 2 is 1.82 bits per heavy atom. The van der Waals surface area contributed by atoms with E-state index < -0.39 is 10.0 Å². The molecule has 0 atom stereocenters. The Bertz CT molecular complexity index is 1410. The van der Waals surface area contributed by atoms with E-state index in [1.165, 1.54) is 11.3 Å². The van der Waals surface area contributed by atoms with Gasteiger partial charge in [-0.1, -0.05) is 29.9 Å². The van der Waals surface area contributed by atoms with Crippen LogP contribution >= 0.6 is 22.9 Å². The standard InChI is InChI=1S/C28H35ClN4O4S2/c1-20-8-12-32(13-9-20)39(35,36)24-6-4-22(5-7-24)27(34)33(11-3-10-31-14-16-37-17-15-31)28-30-26-21(2)18-23(29)19-25(26)38-28/h4-7,18-20H,3,8-17H2,1-2H3. The lowest BCUT2D eigenvalue weighted by Crippen LogP contribution is -2.39. The molecule has 0 aliphatic carbocycles. The van der Waals surface area contributed by atoms with Gasteiger partial charge in [0.1, 0.15) is 0 Å². The Balaban J connectivity index is 1.38. The monoisotopic (exact) mass is 590 g/mol. The molecule has 8 nitrogen and oxygen atoms in total. The van der Waals surface area contributed by atoms with Gasteiger partial charge in [0.05, 0.1) is 28.3 Å². The molecule has 2 fully saturated rings. The van der Waals surface area contributed by atoms with Crippen molar-refractivity contribution >= 4 is 54.2 Å². The molecule has 2 aliphatic rings. The number of rotatable bonds is 8. The summed E-state index contributed by atoms with van der Waals surface area (Å²) in [5.74, 6) is 0.337. The fourth-order valence-electron chi connectivity index (χ4n) is 5.12. The van der Waals surface area contributed by atoms with Crippen LogP contribution in [0.3, 0.4) is 0 Å². The molecular weight excluding hydrogens is 556 g/mol. The highest BCUT2D eigenvalue weighted by molar-refractivity contribution is 7.89. The van der Waals surface area contributed by atoms with Gasteiger partial charge >= 0.3 is 0 Å². The second kappa shape index (κ2) is 12.2. The van der Waals surface area contributed by atoms with Gasteiger partial charge in [-0.3, -0.25) is 14.6 Å². The van der Waals surface area contributed by atoms with E-state index in [1.807, 2.05) is 19.1 Å². The van der Waals surface area contributed by atoms with Crippen LogP contribution in [0.15, 0.2) is 41.3 Å². The van der Waals surface area contributed by atoms with E-state index in [0.717, 1.165) is 67.9 Å². The van der Waals surface area contributed by atoms with Crippen LogP contribution in [-0.2, 0) is 14.8 Å². The van der Waals surface area contributed by atoms with Gasteiger partial charge in [0.15, 0.2) is 5.13 Å². The minimum absolute atomic E-state index is 0.199. The first-order valence-corrected chi connectivity index (χ1v) is 16.1. The summed E-state index contributed by atoms with van der Waals surface area (Å²) in [7, 11) is -3.58. The van der Waals surface area contributed by atoms with Gasteiger partial charge in [0.25, 0.3) is 5.91 Å². The lowest BCUT2D eigenvalue weighted by atomic mass is 10.0. The van der Waals surface area contributed by atoms with E-state index in [2.05, 4.69) is 11.8 Å². The summed E-state index contributed by atoms with van der Waals surface area (Å²) < 4.78 is 34.3. The van der Waals surface area contributed by atoms with Crippen molar-refractivity contribution in [1.29, 1.82) is 0 Å². The summed E-state index contributed by atoms with van der Waals surface area (Å²) in [6.07, 6.45) is 2.51. The summed E-state index contributed by atoms with van der Waals surface area (Å²) in [5, 5.41) is 1.25. The van der Waals surface area contributed by atoms with Crippen molar-refractivity contribution in [3.8, 4) is 0 Å². The number of thiazole rings is 1. The van der Waals surface area contributed by atoms with E-state index in [9.17, 15) is 13.2 Å². The van der Waals surface area contributed by atoms with Crippen molar-refractivity contribution in [3.63, 3.8) is 0 Å². The molecule has 210 valence electrons. The van der Waals surface area contributed by atoms with Gasteiger partial charge in [-0.25, -0.2) is 13.4 Å². The molecule has 2 aromatic carbocycles. The number of ether oxygens (including phenoxy) is 1. The molecule has 0 saturated carbocycles. The third-order valence-electron chi connectivity index (χ3n) is 7.56. The number of carbonyl (C=O) groups is 1. The molecule has 0 spiro atoms. The van der Waals surface area contributed by atoms with Crippen LogP contribution in [-0.4, -0.2) is 81.0 Å². The summed E-state index contributed by atoms with van der Waals surface area (Å²) in [4.78, 5) is 22.9. The maximum atomic E-state index is 13.8. The molecule has 5 rings (SSSR count). The van der Waals surface area contributed by atoms with E-state index >= 15 is 0 Å². The van der Waals surface area contributed by atoms with E-state index in [-0.39, 0.29) is 10.8 Å². The average molecular weight is 591 g/mol. The number of hydrogen-bond acceptors (Lipinski definition) is 7. The number of amides is 1. The molecule has 3 heterocycles. The second-order valence-electron chi connectivity index (χ2n) is 10.4. The third-order valence-corrected chi connectivity index (χ3v) is 10.7. The van der Waals surface area contributed by atoms with Crippen LogP contribution < -0.4 is 4.90 Å². The van der Waals surface area contributed by atoms with Gasteiger partial charge in [-0.15, -0.1) is 0 Å². The Hall–Kier alpha value is -2.08. The number of sulfonamides is 1. The summed E-state index contributed by atoms with van der Waals surface area (Å²) in [6.45, 7) is 9.76. The van der Waals surface area contributed by atoms with Gasteiger partial charge in [-0.2, -0.15) is 4.31 Å². The van der Waals surface area contributed by atoms with Gasteiger partial charge in [0.2, 0.25) is 10.0 Å². The zero-order chi connectivity index (χ0) is 27.6. The van der Waals surface area contributed by atoms with Crippen molar-refractivity contribution in [2.75, 3.05) is 57.4 Å². The van der Waals surface area contributed by atoms with Crippen LogP contribution in [0.4, 0.5) is 5.13 Å². The Morgan fingerprint density at radius 3 is 2.51 bits per heavy atom. The van der Waals surface area contributed by atoms with Crippen LogP contribution in [0.5, 0.6) is 0 Å². The molecule has 0 unspecified atom stereocenters. The number of benzene rings is 2. The lowest BCUT2D eigenvalue weighted by molar-refractivity contribution is 0.0376. The highest BCUT2D eigenvalue weighted by Gasteiger charge is 2.29. The predicted molar refractivity (Wildman–Crippen MR) is 157 cm³/mol. The Labute approximate surface area is 239 Å². The number of morpholine rings is 1. The van der Waals surface area contributed by atoms with Crippen molar-refractivity contribution in [2.45, 2.75) is 38.0 Å².